The van der Waals surface area contributed by atoms with Crippen LogP contribution in [0.15, 0.2) is 10.5 Å². The predicted octanol–water partition coefficient (Wildman–Crippen LogP) is 2.45. The summed E-state index contributed by atoms with van der Waals surface area (Å²) < 4.78 is 11.3. The van der Waals surface area contributed by atoms with Gasteiger partial charge < -0.3 is 14.5 Å². The third kappa shape index (κ3) is 3.62. The third-order valence-electron chi connectivity index (χ3n) is 4.48. The maximum Gasteiger partial charge on any atom is 0.118 e. The molecule has 0 radical (unpaired) electrons. The van der Waals surface area contributed by atoms with E-state index in [0.29, 0.717) is 6.10 Å². The van der Waals surface area contributed by atoms with Crippen molar-refractivity contribution in [3.05, 3.63) is 23.2 Å². The van der Waals surface area contributed by atoms with Gasteiger partial charge in [0.2, 0.25) is 0 Å². The minimum absolute atomic E-state index is 0.447. The number of hydrogen-bond acceptors (Lipinski definition) is 4. The third-order valence-corrected chi connectivity index (χ3v) is 4.48. The second kappa shape index (κ2) is 6.29. The van der Waals surface area contributed by atoms with Gasteiger partial charge in [-0.15, -0.1) is 0 Å². The second-order valence-corrected chi connectivity index (χ2v) is 6.16. The fourth-order valence-corrected chi connectivity index (χ4v) is 2.91. The van der Waals surface area contributed by atoms with Crippen LogP contribution in [-0.2, 0) is 17.8 Å². The van der Waals surface area contributed by atoms with Gasteiger partial charge in [0.15, 0.2) is 0 Å². The number of ether oxygens (including phenoxy) is 1. The van der Waals surface area contributed by atoms with Gasteiger partial charge in [0.1, 0.15) is 11.5 Å². The van der Waals surface area contributed by atoms with E-state index in [1.165, 1.54) is 18.4 Å². The number of nitrogens with one attached hydrogen (secondary N) is 1. The molecule has 0 spiro atoms. The van der Waals surface area contributed by atoms with Gasteiger partial charge >= 0.3 is 0 Å². The lowest BCUT2D eigenvalue weighted by Crippen LogP contribution is -2.36. The highest BCUT2D eigenvalue weighted by Gasteiger charge is 2.22. The molecular formula is C16H26N2O2. The standard InChI is InChI=1S/C16H26N2O2/c1-12-13(10-17-14-3-4-14)9-16(20-12)11-18-7-5-15(19-2)6-8-18/h9,14-15,17H,3-8,10-11H2,1-2H3. The molecule has 0 bridgehead atoms. The molecular weight excluding hydrogens is 252 g/mol. The summed E-state index contributed by atoms with van der Waals surface area (Å²) in [6, 6.07) is 2.98. The predicted molar refractivity (Wildman–Crippen MR) is 78.6 cm³/mol. The topological polar surface area (TPSA) is 37.6 Å². The lowest BCUT2D eigenvalue weighted by Gasteiger charge is -2.30. The van der Waals surface area contributed by atoms with E-state index in [-0.39, 0.29) is 0 Å². The van der Waals surface area contributed by atoms with Crippen molar-refractivity contribution < 1.29 is 9.15 Å². The Hall–Kier alpha value is -0.840. The molecule has 2 fully saturated rings. The Bertz CT molecular complexity index is 432. The van der Waals surface area contributed by atoms with Crippen molar-refractivity contribution in [3.8, 4) is 0 Å². The van der Waals surface area contributed by atoms with Crippen LogP contribution in [0.1, 0.15) is 42.8 Å². The smallest absolute Gasteiger partial charge is 0.118 e. The molecule has 1 N–H and O–H groups in total. The van der Waals surface area contributed by atoms with Crippen molar-refractivity contribution in [1.82, 2.24) is 10.2 Å². The van der Waals surface area contributed by atoms with Crippen molar-refractivity contribution in [2.24, 2.45) is 0 Å². The fourth-order valence-electron chi connectivity index (χ4n) is 2.91. The summed E-state index contributed by atoms with van der Waals surface area (Å²) in [7, 11) is 1.81. The zero-order valence-corrected chi connectivity index (χ0v) is 12.7. The van der Waals surface area contributed by atoms with Crippen molar-refractivity contribution in [2.75, 3.05) is 20.2 Å². The zero-order chi connectivity index (χ0) is 13.9. The first-order valence-electron chi connectivity index (χ1n) is 7.81. The molecule has 1 aliphatic carbocycles. The largest absolute Gasteiger partial charge is 0.465 e. The first kappa shape index (κ1) is 14.1. The van der Waals surface area contributed by atoms with E-state index in [2.05, 4.69) is 23.2 Å². The number of nitrogens with zero attached hydrogens (tertiary/aromatic N) is 1. The van der Waals surface area contributed by atoms with Crippen molar-refractivity contribution in [2.45, 2.75) is 57.8 Å². The Morgan fingerprint density at radius 3 is 2.70 bits per heavy atom. The maximum atomic E-state index is 5.91. The van der Waals surface area contributed by atoms with Gasteiger partial charge in [-0.2, -0.15) is 0 Å². The molecule has 0 amide bonds. The number of furan rings is 1. The molecule has 4 nitrogen and oxygen atoms in total. The quantitative estimate of drug-likeness (QED) is 0.867. The van der Waals surface area contributed by atoms with Gasteiger partial charge in [0.25, 0.3) is 0 Å². The van der Waals surface area contributed by atoms with Gasteiger partial charge in [-0.25, -0.2) is 0 Å². The summed E-state index contributed by atoms with van der Waals surface area (Å²) in [6.45, 7) is 6.17. The van der Waals surface area contributed by atoms with Gasteiger partial charge in [0, 0.05) is 38.3 Å². The van der Waals surface area contributed by atoms with Gasteiger partial charge in [-0.3, -0.25) is 4.90 Å². The molecule has 2 heterocycles. The van der Waals surface area contributed by atoms with Crippen molar-refractivity contribution in [1.29, 1.82) is 0 Å². The summed E-state index contributed by atoms with van der Waals surface area (Å²) in [5.74, 6) is 2.17. The summed E-state index contributed by atoms with van der Waals surface area (Å²) in [4.78, 5) is 2.46. The second-order valence-electron chi connectivity index (χ2n) is 6.16. The van der Waals surface area contributed by atoms with Gasteiger partial charge in [0.05, 0.1) is 12.6 Å². The first-order chi connectivity index (χ1) is 9.74. The van der Waals surface area contributed by atoms with Gasteiger partial charge in [-0.1, -0.05) is 0 Å². The number of likely N-dealkylation sites (tertiary alicyclic amines) is 1. The molecule has 1 aromatic heterocycles. The minimum atomic E-state index is 0.447. The van der Waals surface area contributed by atoms with Crippen molar-refractivity contribution in [3.63, 3.8) is 0 Å². The first-order valence-corrected chi connectivity index (χ1v) is 7.81. The monoisotopic (exact) mass is 278 g/mol. The molecule has 4 heteroatoms. The molecule has 2 aliphatic rings. The van der Waals surface area contributed by atoms with Gasteiger partial charge in [-0.05, 0) is 38.7 Å². The molecule has 3 rings (SSSR count). The van der Waals surface area contributed by atoms with Crippen LogP contribution in [-0.4, -0.2) is 37.2 Å². The molecule has 20 heavy (non-hydrogen) atoms. The van der Waals surface area contributed by atoms with E-state index in [1.54, 1.807) is 0 Å². The number of aryl methyl sites for hydroxylation is 1. The molecule has 1 aliphatic heterocycles. The summed E-state index contributed by atoms with van der Waals surface area (Å²) in [6.07, 6.45) is 5.37. The van der Waals surface area contributed by atoms with E-state index in [9.17, 15) is 0 Å². The van der Waals surface area contributed by atoms with E-state index >= 15 is 0 Å². The highest BCUT2D eigenvalue weighted by atomic mass is 16.5. The Balaban J connectivity index is 1.50. The average Bonchev–Trinajstić information content (AvgIpc) is 3.22. The van der Waals surface area contributed by atoms with Crippen LogP contribution in [0.3, 0.4) is 0 Å². The average molecular weight is 278 g/mol. The van der Waals surface area contributed by atoms with Crippen LogP contribution in [0.4, 0.5) is 0 Å². The summed E-state index contributed by atoms with van der Waals surface area (Å²) in [5, 5.41) is 3.55. The molecule has 1 saturated heterocycles. The lowest BCUT2D eigenvalue weighted by atomic mass is 10.1. The molecule has 0 atom stereocenters. The summed E-state index contributed by atoms with van der Waals surface area (Å²) >= 11 is 0. The van der Waals surface area contributed by atoms with Crippen LogP contribution in [0, 0.1) is 6.92 Å². The van der Waals surface area contributed by atoms with E-state index < -0.39 is 0 Å². The number of piperidine rings is 1. The van der Waals surface area contributed by atoms with E-state index in [1.807, 2.05) is 7.11 Å². The molecule has 1 aromatic rings. The highest BCUT2D eigenvalue weighted by Crippen LogP contribution is 2.22. The summed E-state index contributed by atoms with van der Waals surface area (Å²) in [5.41, 5.74) is 1.32. The van der Waals surface area contributed by atoms with Crippen LogP contribution >= 0.6 is 0 Å². The number of methoxy groups -OCH3 is 1. The highest BCUT2D eigenvalue weighted by molar-refractivity contribution is 5.21. The van der Waals surface area contributed by atoms with Crippen LogP contribution in [0.5, 0.6) is 0 Å². The SMILES string of the molecule is COC1CCN(Cc2cc(CNC3CC3)c(C)o2)CC1. The normalized spacial score (nSPS) is 21.5. The minimum Gasteiger partial charge on any atom is -0.465 e. The maximum absolute atomic E-state index is 5.91. The Morgan fingerprint density at radius 2 is 2.05 bits per heavy atom. The molecule has 0 unspecified atom stereocenters. The van der Waals surface area contributed by atoms with E-state index in [4.69, 9.17) is 9.15 Å². The molecule has 1 saturated carbocycles. The fraction of sp³-hybridized carbons (Fsp3) is 0.750. The lowest BCUT2D eigenvalue weighted by molar-refractivity contribution is 0.0369. The Morgan fingerprint density at radius 1 is 1.30 bits per heavy atom. The number of hydrogen-bond donors (Lipinski definition) is 1. The molecule has 112 valence electrons. The Labute approximate surface area is 121 Å². The van der Waals surface area contributed by atoms with Crippen LogP contribution < -0.4 is 5.32 Å². The van der Waals surface area contributed by atoms with Crippen LogP contribution in [0.25, 0.3) is 0 Å². The zero-order valence-electron chi connectivity index (χ0n) is 12.7. The Kier molecular flexibility index (Phi) is 4.44. The number of rotatable bonds is 6. The van der Waals surface area contributed by atoms with Crippen LogP contribution in [0.2, 0.25) is 0 Å². The molecule has 0 aromatic carbocycles. The van der Waals surface area contributed by atoms with Crippen molar-refractivity contribution >= 4 is 0 Å². The van der Waals surface area contributed by atoms with E-state index in [0.717, 1.165) is 56.6 Å².